The van der Waals surface area contributed by atoms with Crippen molar-refractivity contribution in [2.75, 3.05) is 25.7 Å². The third kappa shape index (κ3) is 5.40. The molecule has 1 aliphatic rings. The number of carbonyl (C=O) groups excluding carboxylic acids is 3. The number of hydrogen-bond donors (Lipinski definition) is 1. The van der Waals surface area contributed by atoms with Gasteiger partial charge >= 0.3 is 5.97 Å². The molecule has 0 aliphatic carbocycles. The molecule has 178 valence electrons. The molecule has 1 N–H and O–H groups in total. The van der Waals surface area contributed by atoms with Gasteiger partial charge in [-0.3, -0.25) is 14.4 Å². The molecule has 3 amide bonds. The standard InChI is InChI=1S/C24H23FN2O7/c1-33-19-8-3-15(13-20(19)34-2)11-12-26(21(28)9-10-23(30)31)18-14-22(29)27(24(18)32)17-6-4-16(25)5-7-17/h3-10,13,18H,11-12,14H2,1-2H3,(H,30,31). The average molecular weight is 470 g/mol. The Hall–Kier alpha value is -4.21. The molecule has 34 heavy (non-hydrogen) atoms. The van der Waals surface area contributed by atoms with E-state index in [1.54, 1.807) is 18.2 Å². The monoisotopic (exact) mass is 470 g/mol. The highest BCUT2D eigenvalue weighted by atomic mass is 19.1. The second-order valence-corrected chi connectivity index (χ2v) is 7.41. The molecule has 0 bridgehead atoms. The van der Waals surface area contributed by atoms with E-state index in [0.29, 0.717) is 24.0 Å². The molecule has 2 aromatic rings. The quantitative estimate of drug-likeness (QED) is 0.441. The van der Waals surface area contributed by atoms with Crippen LogP contribution in [0.1, 0.15) is 12.0 Å². The molecule has 1 atom stereocenters. The van der Waals surface area contributed by atoms with Crippen molar-refractivity contribution in [3.05, 3.63) is 66.0 Å². The van der Waals surface area contributed by atoms with Crippen molar-refractivity contribution in [3.8, 4) is 11.5 Å². The first-order valence-electron chi connectivity index (χ1n) is 10.3. The zero-order chi connectivity index (χ0) is 24.8. The Morgan fingerprint density at radius 3 is 2.38 bits per heavy atom. The molecule has 1 unspecified atom stereocenters. The van der Waals surface area contributed by atoms with Gasteiger partial charge in [-0.2, -0.15) is 0 Å². The molecule has 9 nitrogen and oxygen atoms in total. The normalized spacial score (nSPS) is 15.6. The number of carboxylic acid groups (broad SMARTS) is 1. The smallest absolute Gasteiger partial charge is 0.328 e. The highest BCUT2D eigenvalue weighted by molar-refractivity contribution is 6.23. The topological polar surface area (TPSA) is 113 Å². The van der Waals surface area contributed by atoms with Gasteiger partial charge in [-0.25, -0.2) is 14.1 Å². The van der Waals surface area contributed by atoms with Gasteiger partial charge < -0.3 is 19.5 Å². The lowest BCUT2D eigenvalue weighted by molar-refractivity contribution is -0.135. The maximum atomic E-state index is 13.3. The van der Waals surface area contributed by atoms with E-state index in [4.69, 9.17) is 14.6 Å². The minimum absolute atomic E-state index is 0.0270. The number of benzene rings is 2. The maximum absolute atomic E-state index is 13.3. The minimum atomic E-state index is -1.32. The summed E-state index contributed by atoms with van der Waals surface area (Å²) >= 11 is 0. The number of imide groups is 1. The van der Waals surface area contributed by atoms with Gasteiger partial charge in [0.1, 0.15) is 11.9 Å². The minimum Gasteiger partial charge on any atom is -0.493 e. The summed E-state index contributed by atoms with van der Waals surface area (Å²) in [5.74, 6) is -2.77. The molecule has 0 radical (unpaired) electrons. The second-order valence-electron chi connectivity index (χ2n) is 7.41. The highest BCUT2D eigenvalue weighted by Crippen LogP contribution is 2.29. The highest BCUT2D eigenvalue weighted by Gasteiger charge is 2.43. The zero-order valence-electron chi connectivity index (χ0n) is 18.6. The van der Waals surface area contributed by atoms with Gasteiger partial charge in [0, 0.05) is 18.7 Å². The van der Waals surface area contributed by atoms with E-state index >= 15 is 0 Å². The molecule has 1 aliphatic heterocycles. The van der Waals surface area contributed by atoms with Crippen LogP contribution in [0.2, 0.25) is 0 Å². The average Bonchev–Trinajstić information content (AvgIpc) is 3.11. The van der Waals surface area contributed by atoms with E-state index in [2.05, 4.69) is 0 Å². The van der Waals surface area contributed by atoms with Gasteiger partial charge in [-0.05, 0) is 48.4 Å². The SMILES string of the molecule is COc1ccc(CCN(C(=O)C=CC(=O)O)C2CC(=O)N(c3ccc(F)cc3)C2=O)cc1OC. The Labute approximate surface area is 195 Å². The van der Waals surface area contributed by atoms with Crippen LogP contribution in [0.5, 0.6) is 11.5 Å². The van der Waals surface area contributed by atoms with Gasteiger partial charge in [0.05, 0.1) is 26.3 Å². The van der Waals surface area contributed by atoms with Crippen molar-refractivity contribution in [2.24, 2.45) is 0 Å². The fourth-order valence-corrected chi connectivity index (χ4v) is 3.66. The molecule has 2 aromatic carbocycles. The lowest BCUT2D eigenvalue weighted by atomic mass is 10.1. The Bertz CT molecular complexity index is 1130. The molecule has 0 spiro atoms. The number of anilines is 1. The Morgan fingerprint density at radius 2 is 1.76 bits per heavy atom. The number of methoxy groups -OCH3 is 2. The summed E-state index contributed by atoms with van der Waals surface area (Å²) in [4.78, 5) is 51.5. The van der Waals surface area contributed by atoms with Crippen molar-refractivity contribution in [3.63, 3.8) is 0 Å². The van der Waals surface area contributed by atoms with E-state index < -0.39 is 35.5 Å². The lowest BCUT2D eigenvalue weighted by Gasteiger charge is -2.26. The van der Waals surface area contributed by atoms with Crippen molar-refractivity contribution >= 4 is 29.4 Å². The Balaban J connectivity index is 1.86. The number of nitrogens with zero attached hydrogens (tertiary/aromatic N) is 2. The van der Waals surface area contributed by atoms with Crippen LogP contribution < -0.4 is 14.4 Å². The molecule has 3 rings (SSSR count). The fraction of sp³-hybridized carbons (Fsp3) is 0.250. The van der Waals surface area contributed by atoms with Crippen molar-refractivity contribution in [1.29, 1.82) is 0 Å². The van der Waals surface area contributed by atoms with Crippen molar-refractivity contribution in [1.82, 2.24) is 4.90 Å². The number of carboxylic acids is 1. The number of ether oxygens (including phenoxy) is 2. The molecule has 1 fully saturated rings. The number of amides is 3. The van der Waals surface area contributed by atoms with E-state index in [1.807, 2.05) is 0 Å². The summed E-state index contributed by atoms with van der Waals surface area (Å²) < 4.78 is 23.8. The van der Waals surface area contributed by atoms with E-state index in [-0.39, 0.29) is 18.7 Å². The molecule has 1 heterocycles. The molecular formula is C24H23FN2O7. The predicted molar refractivity (Wildman–Crippen MR) is 119 cm³/mol. The summed E-state index contributed by atoms with van der Waals surface area (Å²) in [5, 5.41) is 8.89. The predicted octanol–water partition coefficient (Wildman–Crippen LogP) is 2.19. The first kappa shape index (κ1) is 24.4. The summed E-state index contributed by atoms with van der Waals surface area (Å²) in [6.07, 6.45) is 1.52. The van der Waals surface area contributed by atoms with Gasteiger partial charge in [0.2, 0.25) is 11.8 Å². The first-order valence-corrected chi connectivity index (χ1v) is 10.3. The Morgan fingerprint density at radius 1 is 1.09 bits per heavy atom. The number of halogens is 1. The largest absolute Gasteiger partial charge is 0.493 e. The van der Waals surface area contributed by atoms with Crippen LogP contribution >= 0.6 is 0 Å². The van der Waals surface area contributed by atoms with Crippen LogP contribution in [0.15, 0.2) is 54.6 Å². The molecule has 1 saturated heterocycles. The molecule has 0 saturated carbocycles. The van der Waals surface area contributed by atoms with Crippen LogP contribution in [0.4, 0.5) is 10.1 Å². The number of aliphatic carboxylic acids is 1. The van der Waals surface area contributed by atoms with E-state index in [9.17, 15) is 23.6 Å². The first-order chi connectivity index (χ1) is 16.2. The van der Waals surface area contributed by atoms with Gasteiger partial charge in [0.15, 0.2) is 11.5 Å². The van der Waals surface area contributed by atoms with Gasteiger partial charge in [-0.15, -0.1) is 0 Å². The number of rotatable bonds is 9. The van der Waals surface area contributed by atoms with Gasteiger partial charge in [0.25, 0.3) is 5.91 Å². The second kappa shape index (κ2) is 10.6. The summed E-state index contributed by atoms with van der Waals surface area (Å²) in [6.45, 7) is 0.0270. The van der Waals surface area contributed by atoms with Crippen LogP contribution in [0.3, 0.4) is 0 Å². The van der Waals surface area contributed by atoms with E-state index in [1.165, 1.54) is 31.3 Å². The molecule has 10 heteroatoms. The maximum Gasteiger partial charge on any atom is 0.328 e. The molecular weight excluding hydrogens is 447 g/mol. The van der Waals surface area contributed by atoms with Crippen molar-refractivity contribution < 1.29 is 38.1 Å². The van der Waals surface area contributed by atoms with Crippen LogP contribution in [-0.4, -0.2) is 60.5 Å². The third-order valence-electron chi connectivity index (χ3n) is 5.32. The van der Waals surface area contributed by atoms with Crippen LogP contribution in [0, 0.1) is 5.82 Å². The Kier molecular flexibility index (Phi) is 7.62. The van der Waals surface area contributed by atoms with Crippen LogP contribution in [-0.2, 0) is 25.6 Å². The zero-order valence-corrected chi connectivity index (χ0v) is 18.6. The summed E-state index contributed by atoms with van der Waals surface area (Å²) in [5.41, 5.74) is 0.956. The lowest BCUT2D eigenvalue weighted by Crippen LogP contribution is -2.46. The van der Waals surface area contributed by atoms with Gasteiger partial charge in [-0.1, -0.05) is 6.07 Å². The third-order valence-corrected chi connectivity index (χ3v) is 5.32. The number of carbonyl (C=O) groups is 4. The summed E-state index contributed by atoms with van der Waals surface area (Å²) in [7, 11) is 2.99. The number of hydrogen-bond acceptors (Lipinski definition) is 6. The fourth-order valence-electron chi connectivity index (χ4n) is 3.66. The van der Waals surface area contributed by atoms with Crippen molar-refractivity contribution in [2.45, 2.75) is 18.9 Å². The van der Waals surface area contributed by atoms with E-state index in [0.717, 1.165) is 28.7 Å². The molecule has 0 aromatic heterocycles. The van der Waals surface area contributed by atoms with Crippen LogP contribution in [0.25, 0.3) is 0 Å². The summed E-state index contributed by atoms with van der Waals surface area (Å²) in [6, 6.07) is 8.90.